The van der Waals surface area contributed by atoms with Crippen LogP contribution in [0.15, 0.2) is 12.4 Å². The largest absolute Gasteiger partial charge is 0.330 e. The molecule has 0 spiro atoms. The van der Waals surface area contributed by atoms with E-state index in [9.17, 15) is 0 Å². The minimum absolute atomic E-state index is 0.574. The Morgan fingerprint density at radius 3 is 2.87 bits per heavy atom. The highest BCUT2D eigenvalue weighted by Gasteiger charge is 2.25. The maximum absolute atomic E-state index is 5.70. The smallest absolute Gasteiger partial charge is 0.0524 e. The second-order valence-corrected chi connectivity index (χ2v) is 4.98. The Bertz CT molecular complexity index is 316. The Morgan fingerprint density at radius 1 is 1.53 bits per heavy atom. The normalized spacial score (nSPS) is 26.4. The molecule has 1 fully saturated rings. The second kappa shape index (κ2) is 4.35. The van der Waals surface area contributed by atoms with Crippen LogP contribution in [0.3, 0.4) is 0 Å². The third-order valence-corrected chi connectivity index (χ3v) is 3.51. The predicted octanol–water partition coefficient (Wildman–Crippen LogP) is 2.31. The highest BCUT2D eigenvalue weighted by molar-refractivity contribution is 5.09. The van der Waals surface area contributed by atoms with Crippen molar-refractivity contribution in [3.8, 4) is 0 Å². The van der Waals surface area contributed by atoms with Crippen LogP contribution in [0.25, 0.3) is 0 Å². The van der Waals surface area contributed by atoms with Crippen molar-refractivity contribution in [2.45, 2.75) is 45.1 Å². The fourth-order valence-corrected chi connectivity index (χ4v) is 2.35. The second-order valence-electron chi connectivity index (χ2n) is 4.98. The summed E-state index contributed by atoms with van der Waals surface area (Å²) in [4.78, 5) is 0. The van der Waals surface area contributed by atoms with E-state index < -0.39 is 0 Å². The first-order chi connectivity index (χ1) is 7.20. The van der Waals surface area contributed by atoms with Gasteiger partial charge in [0.1, 0.15) is 0 Å². The van der Waals surface area contributed by atoms with Crippen molar-refractivity contribution >= 4 is 0 Å². The molecular weight excluding hydrogens is 186 g/mol. The lowest BCUT2D eigenvalue weighted by molar-refractivity contribution is 0.443. The molecule has 3 heteroatoms. The summed E-state index contributed by atoms with van der Waals surface area (Å²) in [5.41, 5.74) is 7.04. The van der Waals surface area contributed by atoms with Crippen molar-refractivity contribution in [3.63, 3.8) is 0 Å². The molecular formula is C12H21N3. The molecule has 0 aliphatic heterocycles. The van der Waals surface area contributed by atoms with Crippen LogP contribution in [0, 0.1) is 5.92 Å². The molecule has 0 saturated heterocycles. The summed E-state index contributed by atoms with van der Waals surface area (Å²) in [6.07, 6.45) is 7.91. The number of hydrogen-bond donors (Lipinski definition) is 1. The SMILES string of the molecule is CC(C)c1cnn(C2CCC(CN)C2)c1. The zero-order valence-corrected chi connectivity index (χ0v) is 9.69. The quantitative estimate of drug-likeness (QED) is 0.826. The van der Waals surface area contributed by atoms with Crippen LogP contribution in [0.1, 0.15) is 50.6 Å². The number of aromatic nitrogens is 2. The van der Waals surface area contributed by atoms with E-state index in [1.165, 1.54) is 24.8 Å². The highest BCUT2D eigenvalue weighted by atomic mass is 15.3. The standard InChI is InChI=1S/C12H21N3/c1-9(2)11-7-14-15(8-11)12-4-3-10(5-12)6-13/h7-10,12H,3-6,13H2,1-2H3. The molecule has 0 radical (unpaired) electrons. The van der Waals surface area contributed by atoms with Gasteiger partial charge in [-0.2, -0.15) is 5.10 Å². The molecule has 2 N–H and O–H groups in total. The van der Waals surface area contributed by atoms with Crippen LogP contribution in [0.2, 0.25) is 0 Å². The topological polar surface area (TPSA) is 43.8 Å². The first-order valence-electron chi connectivity index (χ1n) is 5.94. The molecule has 1 aliphatic carbocycles. The number of nitrogens with two attached hydrogens (primary N) is 1. The maximum atomic E-state index is 5.70. The van der Waals surface area contributed by atoms with Gasteiger partial charge in [0.15, 0.2) is 0 Å². The Labute approximate surface area is 91.7 Å². The van der Waals surface area contributed by atoms with E-state index in [2.05, 4.69) is 29.8 Å². The molecule has 3 nitrogen and oxygen atoms in total. The van der Waals surface area contributed by atoms with Crippen LogP contribution >= 0.6 is 0 Å². The van der Waals surface area contributed by atoms with Crippen molar-refractivity contribution in [2.24, 2.45) is 11.7 Å². The molecule has 1 heterocycles. The van der Waals surface area contributed by atoms with Crippen LogP contribution in [-0.2, 0) is 0 Å². The minimum atomic E-state index is 0.574. The Morgan fingerprint density at radius 2 is 2.33 bits per heavy atom. The number of hydrogen-bond acceptors (Lipinski definition) is 2. The zero-order valence-electron chi connectivity index (χ0n) is 9.69. The molecule has 2 unspecified atom stereocenters. The Kier molecular flexibility index (Phi) is 3.10. The first-order valence-corrected chi connectivity index (χ1v) is 5.94. The fraction of sp³-hybridized carbons (Fsp3) is 0.750. The fourth-order valence-electron chi connectivity index (χ4n) is 2.35. The van der Waals surface area contributed by atoms with E-state index in [1.807, 2.05) is 6.20 Å². The Hall–Kier alpha value is -0.830. The van der Waals surface area contributed by atoms with Gasteiger partial charge in [0.25, 0.3) is 0 Å². The lowest BCUT2D eigenvalue weighted by Gasteiger charge is -2.10. The maximum Gasteiger partial charge on any atom is 0.0524 e. The minimum Gasteiger partial charge on any atom is -0.330 e. The molecule has 15 heavy (non-hydrogen) atoms. The summed E-state index contributed by atoms with van der Waals surface area (Å²) in [7, 11) is 0. The van der Waals surface area contributed by atoms with Crippen molar-refractivity contribution in [1.82, 2.24) is 9.78 Å². The lowest BCUT2D eigenvalue weighted by atomic mass is 10.1. The summed E-state index contributed by atoms with van der Waals surface area (Å²) in [5.74, 6) is 1.28. The monoisotopic (exact) mass is 207 g/mol. The summed E-state index contributed by atoms with van der Waals surface area (Å²) in [5, 5.41) is 4.46. The molecule has 1 aromatic rings. The van der Waals surface area contributed by atoms with Crippen LogP contribution in [-0.4, -0.2) is 16.3 Å². The van der Waals surface area contributed by atoms with Crippen LogP contribution in [0.5, 0.6) is 0 Å². The molecule has 2 rings (SSSR count). The molecule has 1 saturated carbocycles. The average Bonchev–Trinajstić information content (AvgIpc) is 2.86. The van der Waals surface area contributed by atoms with Crippen LogP contribution in [0.4, 0.5) is 0 Å². The van der Waals surface area contributed by atoms with E-state index in [1.54, 1.807) is 0 Å². The summed E-state index contributed by atoms with van der Waals surface area (Å²) in [6, 6.07) is 0.589. The summed E-state index contributed by atoms with van der Waals surface area (Å²) in [6.45, 7) is 5.24. The predicted molar refractivity (Wildman–Crippen MR) is 61.7 cm³/mol. The zero-order chi connectivity index (χ0) is 10.8. The summed E-state index contributed by atoms with van der Waals surface area (Å²) >= 11 is 0. The third kappa shape index (κ3) is 2.23. The van der Waals surface area contributed by atoms with Gasteiger partial charge in [-0.05, 0) is 43.2 Å². The van der Waals surface area contributed by atoms with Gasteiger partial charge in [-0.1, -0.05) is 13.8 Å². The van der Waals surface area contributed by atoms with Gasteiger partial charge >= 0.3 is 0 Å². The van der Waals surface area contributed by atoms with Gasteiger partial charge in [-0.15, -0.1) is 0 Å². The van der Waals surface area contributed by atoms with Gasteiger partial charge in [0, 0.05) is 6.20 Å². The van der Waals surface area contributed by atoms with Gasteiger partial charge in [-0.3, -0.25) is 4.68 Å². The first kappa shape index (κ1) is 10.7. The lowest BCUT2D eigenvalue weighted by Crippen LogP contribution is -2.12. The molecule has 0 amide bonds. The number of nitrogens with zero attached hydrogens (tertiary/aromatic N) is 2. The molecule has 0 aromatic carbocycles. The van der Waals surface area contributed by atoms with E-state index in [0.717, 1.165) is 6.54 Å². The van der Waals surface area contributed by atoms with E-state index in [0.29, 0.717) is 17.9 Å². The highest BCUT2D eigenvalue weighted by Crippen LogP contribution is 2.33. The van der Waals surface area contributed by atoms with Gasteiger partial charge in [0.05, 0.1) is 12.2 Å². The molecule has 0 bridgehead atoms. The van der Waals surface area contributed by atoms with Gasteiger partial charge < -0.3 is 5.73 Å². The average molecular weight is 207 g/mol. The van der Waals surface area contributed by atoms with Crippen molar-refractivity contribution in [2.75, 3.05) is 6.54 Å². The third-order valence-electron chi connectivity index (χ3n) is 3.51. The molecule has 84 valence electrons. The molecule has 2 atom stereocenters. The molecule has 1 aliphatic rings. The Balaban J connectivity index is 2.04. The van der Waals surface area contributed by atoms with Gasteiger partial charge in [0.2, 0.25) is 0 Å². The van der Waals surface area contributed by atoms with Gasteiger partial charge in [-0.25, -0.2) is 0 Å². The van der Waals surface area contributed by atoms with E-state index >= 15 is 0 Å². The molecule has 1 aromatic heterocycles. The van der Waals surface area contributed by atoms with Crippen LogP contribution < -0.4 is 5.73 Å². The summed E-state index contributed by atoms with van der Waals surface area (Å²) < 4.78 is 2.14. The number of rotatable bonds is 3. The van der Waals surface area contributed by atoms with E-state index in [-0.39, 0.29) is 0 Å². The van der Waals surface area contributed by atoms with Crippen molar-refractivity contribution < 1.29 is 0 Å². The van der Waals surface area contributed by atoms with E-state index in [4.69, 9.17) is 5.73 Å². The van der Waals surface area contributed by atoms with Crippen molar-refractivity contribution in [1.29, 1.82) is 0 Å². The van der Waals surface area contributed by atoms with Crippen molar-refractivity contribution in [3.05, 3.63) is 18.0 Å².